The number of pyridine rings is 1. The maximum Gasteiger partial charge on any atom is 0.136 e. The number of allylic oxidation sites excluding steroid dienone is 2. The number of nitrogens with two attached hydrogens (primary N) is 1. The van der Waals surface area contributed by atoms with Gasteiger partial charge in [0, 0.05) is 49.5 Å². The number of nitrogens with one attached hydrogen (secondary N) is 2. The number of hydrogen-bond acceptors (Lipinski definition) is 4. The lowest BCUT2D eigenvalue weighted by atomic mass is 9.93. The molecule has 3 aromatic rings. The molecule has 3 rings (SSSR count). The van der Waals surface area contributed by atoms with Crippen molar-refractivity contribution in [3.8, 4) is 11.1 Å². The summed E-state index contributed by atoms with van der Waals surface area (Å²) >= 11 is 0. The van der Waals surface area contributed by atoms with Gasteiger partial charge in [-0.05, 0) is 85.7 Å². The fraction of sp³-hybridized carbons (Fsp3) is 0.321. The third kappa shape index (κ3) is 5.94. The molecule has 34 heavy (non-hydrogen) atoms. The molecule has 0 fully saturated rings. The Morgan fingerprint density at radius 3 is 2.65 bits per heavy atom. The monoisotopic (exact) mass is 461 g/mol. The molecule has 0 atom stereocenters. The van der Waals surface area contributed by atoms with Crippen LogP contribution in [0.3, 0.4) is 0 Å². The Morgan fingerprint density at radius 1 is 1.15 bits per heavy atom. The Morgan fingerprint density at radius 2 is 1.94 bits per heavy atom. The SMILES string of the molecule is C=C(C)NCC(=C)/C(CCCc1c(F)cccc1-c1ccc2ncc(CCN)n2c1)=C(/C)NC. The summed E-state index contributed by atoms with van der Waals surface area (Å²) in [5.74, 6) is -0.177. The molecule has 2 aromatic heterocycles. The predicted octanol–water partition coefficient (Wildman–Crippen LogP) is 5.14. The van der Waals surface area contributed by atoms with Crippen LogP contribution in [0, 0.1) is 5.82 Å². The first-order valence-electron chi connectivity index (χ1n) is 11.7. The largest absolute Gasteiger partial charge is 0.391 e. The zero-order chi connectivity index (χ0) is 24.7. The van der Waals surface area contributed by atoms with Gasteiger partial charge in [0.15, 0.2) is 0 Å². The van der Waals surface area contributed by atoms with Gasteiger partial charge in [0.25, 0.3) is 0 Å². The van der Waals surface area contributed by atoms with Crippen molar-refractivity contribution in [1.29, 1.82) is 0 Å². The number of imidazole rings is 1. The van der Waals surface area contributed by atoms with Crippen LogP contribution < -0.4 is 16.4 Å². The van der Waals surface area contributed by atoms with Crippen molar-refractivity contribution in [3.63, 3.8) is 0 Å². The molecule has 0 saturated carbocycles. The molecule has 0 aliphatic carbocycles. The standard InChI is InChI=1S/C28H36FN5/c1-19(2)32-16-20(3)24(21(4)31-5)8-6-10-26-25(9-7-11-27(26)29)22-12-13-28-33-17-23(14-15-30)34(28)18-22/h7,9,11-13,17-18,31-32H,1,3,6,8,10,14-16,30H2,2,4-5H3/b24-21-. The maximum atomic E-state index is 15.0. The first kappa shape index (κ1) is 25.2. The van der Waals surface area contributed by atoms with Crippen LogP contribution in [0.2, 0.25) is 0 Å². The second kappa shape index (κ2) is 11.7. The number of hydrogen-bond donors (Lipinski definition) is 3. The Balaban J connectivity index is 1.84. The molecule has 0 aliphatic heterocycles. The molecule has 4 N–H and O–H groups in total. The maximum absolute atomic E-state index is 15.0. The highest BCUT2D eigenvalue weighted by molar-refractivity contribution is 5.68. The average Bonchev–Trinajstić information content (AvgIpc) is 3.23. The van der Waals surface area contributed by atoms with Gasteiger partial charge in [-0.15, -0.1) is 0 Å². The lowest BCUT2D eigenvalue weighted by Crippen LogP contribution is -2.17. The molecule has 0 aliphatic rings. The fourth-order valence-corrected chi connectivity index (χ4v) is 4.19. The molecule has 1 aromatic carbocycles. The topological polar surface area (TPSA) is 67.4 Å². The Labute approximate surface area is 202 Å². The van der Waals surface area contributed by atoms with Gasteiger partial charge >= 0.3 is 0 Å². The van der Waals surface area contributed by atoms with Crippen molar-refractivity contribution in [2.75, 3.05) is 20.1 Å². The van der Waals surface area contributed by atoms with Gasteiger partial charge in [-0.25, -0.2) is 9.37 Å². The van der Waals surface area contributed by atoms with E-state index < -0.39 is 0 Å². The lowest BCUT2D eigenvalue weighted by Gasteiger charge is -2.17. The molecule has 0 radical (unpaired) electrons. The van der Waals surface area contributed by atoms with Crippen molar-refractivity contribution in [3.05, 3.63) is 95.5 Å². The van der Waals surface area contributed by atoms with Gasteiger partial charge < -0.3 is 20.8 Å². The number of fused-ring (bicyclic) bond motifs is 1. The zero-order valence-corrected chi connectivity index (χ0v) is 20.5. The Bertz CT molecular complexity index is 1200. The number of nitrogens with zero attached hydrogens (tertiary/aromatic N) is 2. The summed E-state index contributed by atoms with van der Waals surface area (Å²) in [4.78, 5) is 4.45. The van der Waals surface area contributed by atoms with E-state index in [0.29, 0.717) is 19.5 Å². The van der Waals surface area contributed by atoms with Crippen LogP contribution in [0.5, 0.6) is 0 Å². The molecular weight excluding hydrogens is 425 g/mol. The number of halogens is 1. The van der Waals surface area contributed by atoms with E-state index in [2.05, 4.69) is 35.7 Å². The highest BCUT2D eigenvalue weighted by Gasteiger charge is 2.14. The van der Waals surface area contributed by atoms with Crippen LogP contribution in [-0.4, -0.2) is 29.5 Å². The van der Waals surface area contributed by atoms with Crippen LogP contribution in [0.15, 0.2) is 78.4 Å². The summed E-state index contributed by atoms with van der Waals surface area (Å²) in [5.41, 5.74) is 14.5. The Kier molecular flexibility index (Phi) is 8.66. The van der Waals surface area contributed by atoms with Crippen molar-refractivity contribution < 1.29 is 4.39 Å². The molecule has 0 unspecified atom stereocenters. The molecule has 0 amide bonds. The Hall–Kier alpha value is -3.38. The highest BCUT2D eigenvalue weighted by atomic mass is 19.1. The minimum atomic E-state index is -0.177. The second-order valence-electron chi connectivity index (χ2n) is 8.64. The number of rotatable bonds is 12. The van der Waals surface area contributed by atoms with E-state index in [-0.39, 0.29) is 5.82 Å². The average molecular weight is 462 g/mol. The molecule has 5 nitrogen and oxygen atoms in total. The molecule has 6 heteroatoms. The lowest BCUT2D eigenvalue weighted by molar-refractivity contribution is 0.604. The number of benzene rings is 1. The molecule has 2 heterocycles. The normalized spacial score (nSPS) is 11.9. The smallest absolute Gasteiger partial charge is 0.136 e. The van der Waals surface area contributed by atoms with Gasteiger partial charge in [0.1, 0.15) is 11.5 Å². The van der Waals surface area contributed by atoms with Gasteiger partial charge in [0.05, 0.1) is 0 Å². The predicted molar refractivity (Wildman–Crippen MR) is 140 cm³/mol. The molecule has 0 saturated heterocycles. The van der Waals surface area contributed by atoms with Crippen LogP contribution in [0.25, 0.3) is 16.8 Å². The van der Waals surface area contributed by atoms with E-state index in [4.69, 9.17) is 5.73 Å². The fourth-order valence-electron chi connectivity index (χ4n) is 4.19. The third-order valence-corrected chi connectivity index (χ3v) is 6.12. The molecular formula is C28H36FN5. The summed E-state index contributed by atoms with van der Waals surface area (Å²) in [5, 5.41) is 6.49. The molecule has 0 bridgehead atoms. The van der Waals surface area contributed by atoms with Gasteiger partial charge in [-0.1, -0.05) is 25.3 Å². The quantitative estimate of drug-likeness (QED) is 0.327. The molecule has 0 spiro atoms. The van der Waals surface area contributed by atoms with Crippen molar-refractivity contribution in [2.24, 2.45) is 5.73 Å². The molecule has 180 valence electrons. The van der Waals surface area contributed by atoms with E-state index in [1.54, 1.807) is 12.1 Å². The van der Waals surface area contributed by atoms with Crippen molar-refractivity contribution in [2.45, 2.75) is 39.5 Å². The van der Waals surface area contributed by atoms with E-state index >= 15 is 4.39 Å². The van der Waals surface area contributed by atoms with Gasteiger partial charge in [-0.2, -0.15) is 0 Å². The summed E-state index contributed by atoms with van der Waals surface area (Å²) < 4.78 is 17.1. The zero-order valence-electron chi connectivity index (χ0n) is 20.5. The van der Waals surface area contributed by atoms with E-state index in [0.717, 1.165) is 64.3 Å². The van der Waals surface area contributed by atoms with Gasteiger partial charge in [0.2, 0.25) is 0 Å². The van der Waals surface area contributed by atoms with Crippen LogP contribution in [0.1, 0.15) is 37.9 Å². The summed E-state index contributed by atoms with van der Waals surface area (Å²) in [7, 11) is 1.91. The van der Waals surface area contributed by atoms with Crippen LogP contribution >= 0.6 is 0 Å². The third-order valence-electron chi connectivity index (χ3n) is 6.12. The van der Waals surface area contributed by atoms with E-state index in [9.17, 15) is 0 Å². The van der Waals surface area contributed by atoms with Crippen LogP contribution in [-0.2, 0) is 12.8 Å². The van der Waals surface area contributed by atoms with Gasteiger partial charge in [-0.3, -0.25) is 0 Å². The van der Waals surface area contributed by atoms with Crippen LogP contribution in [0.4, 0.5) is 4.39 Å². The van der Waals surface area contributed by atoms with Crippen molar-refractivity contribution >= 4 is 5.65 Å². The minimum absolute atomic E-state index is 0.177. The summed E-state index contributed by atoms with van der Waals surface area (Å²) in [6, 6.07) is 9.28. The van der Waals surface area contributed by atoms with Crippen molar-refractivity contribution in [1.82, 2.24) is 20.0 Å². The van der Waals surface area contributed by atoms with E-state index in [1.165, 1.54) is 5.57 Å². The number of aromatic nitrogens is 2. The minimum Gasteiger partial charge on any atom is -0.391 e. The van der Waals surface area contributed by atoms with E-state index in [1.807, 2.05) is 49.0 Å². The second-order valence-corrected chi connectivity index (χ2v) is 8.64. The summed E-state index contributed by atoms with van der Waals surface area (Å²) in [6.45, 7) is 13.3. The first-order valence-corrected chi connectivity index (χ1v) is 11.7. The summed E-state index contributed by atoms with van der Waals surface area (Å²) in [6.07, 6.45) is 6.86. The first-order chi connectivity index (χ1) is 16.3. The highest BCUT2D eigenvalue weighted by Crippen LogP contribution is 2.29.